The van der Waals surface area contributed by atoms with Crippen LogP contribution in [0.2, 0.25) is 0 Å². The summed E-state index contributed by atoms with van der Waals surface area (Å²) >= 11 is 0. The molecule has 3 heteroatoms. The smallest absolute Gasteiger partial charge is 0.126 e. The van der Waals surface area contributed by atoms with Gasteiger partial charge in [0.15, 0.2) is 0 Å². The van der Waals surface area contributed by atoms with Crippen LogP contribution in [0.5, 0.6) is 0 Å². The summed E-state index contributed by atoms with van der Waals surface area (Å²) in [5, 5.41) is 0. The molecule has 1 aliphatic carbocycles. The molecule has 2 aliphatic rings. The van der Waals surface area contributed by atoms with E-state index in [2.05, 4.69) is 58.2 Å². The van der Waals surface area contributed by atoms with E-state index in [1.807, 2.05) is 12.1 Å². The Morgan fingerprint density at radius 3 is 2.26 bits per heavy atom. The molecule has 2 nitrogen and oxygen atoms in total. The van der Waals surface area contributed by atoms with E-state index in [4.69, 9.17) is 4.74 Å². The van der Waals surface area contributed by atoms with E-state index in [1.54, 1.807) is 0 Å². The first-order valence-electron chi connectivity index (χ1n) is 12.5. The average Bonchev–Trinajstić information content (AvgIpc) is 2.71. The van der Waals surface area contributed by atoms with Gasteiger partial charge in [0.05, 0.1) is 6.10 Å². The summed E-state index contributed by atoms with van der Waals surface area (Å²) in [6.07, 6.45) is 10.9. The zero-order valence-corrected chi connectivity index (χ0v) is 20.6. The highest BCUT2D eigenvalue weighted by Crippen LogP contribution is 2.46. The first-order chi connectivity index (χ1) is 14.7. The van der Waals surface area contributed by atoms with Gasteiger partial charge in [0.2, 0.25) is 0 Å². The minimum atomic E-state index is -0.00185. The maximum absolute atomic E-state index is 15.4. The van der Waals surface area contributed by atoms with Gasteiger partial charge in [0, 0.05) is 24.2 Å². The highest BCUT2D eigenvalue weighted by atomic mass is 19.1. The van der Waals surface area contributed by atoms with Gasteiger partial charge in [-0.1, -0.05) is 25.1 Å². The molecule has 0 N–H and O–H groups in total. The summed E-state index contributed by atoms with van der Waals surface area (Å²) in [5.41, 5.74) is 2.17. The van der Waals surface area contributed by atoms with Crippen LogP contribution >= 0.6 is 0 Å². The van der Waals surface area contributed by atoms with Crippen molar-refractivity contribution in [2.75, 3.05) is 13.2 Å². The highest BCUT2D eigenvalue weighted by Gasteiger charge is 2.45. The van der Waals surface area contributed by atoms with Gasteiger partial charge in [0.1, 0.15) is 5.82 Å². The largest absolute Gasteiger partial charge is 0.378 e. The van der Waals surface area contributed by atoms with Gasteiger partial charge >= 0.3 is 0 Å². The first kappa shape index (κ1) is 24.5. The van der Waals surface area contributed by atoms with Crippen LogP contribution in [0.15, 0.2) is 30.9 Å². The number of halogens is 1. The van der Waals surface area contributed by atoms with Crippen LogP contribution in [-0.4, -0.2) is 35.2 Å². The Balaban J connectivity index is 1.70. The van der Waals surface area contributed by atoms with Gasteiger partial charge in [0.25, 0.3) is 0 Å². The van der Waals surface area contributed by atoms with Crippen molar-refractivity contribution >= 4 is 0 Å². The summed E-state index contributed by atoms with van der Waals surface area (Å²) < 4.78 is 21.3. The minimum absolute atomic E-state index is 0.00185. The number of nitrogens with zero attached hydrogens (tertiary/aromatic N) is 1. The second-order valence-electron chi connectivity index (χ2n) is 11.1. The van der Waals surface area contributed by atoms with E-state index in [0.29, 0.717) is 12.0 Å². The number of hydrogen-bond donors (Lipinski definition) is 0. The number of rotatable bonds is 8. The molecule has 31 heavy (non-hydrogen) atoms. The van der Waals surface area contributed by atoms with Gasteiger partial charge in [-0.15, -0.1) is 6.58 Å². The molecule has 1 saturated heterocycles. The molecule has 1 heterocycles. The molecule has 1 saturated carbocycles. The number of benzene rings is 1. The molecule has 1 aliphatic heterocycles. The molecule has 2 fully saturated rings. The Bertz CT molecular complexity index is 715. The molecule has 1 aromatic carbocycles. The van der Waals surface area contributed by atoms with E-state index in [9.17, 15) is 0 Å². The second-order valence-corrected chi connectivity index (χ2v) is 11.1. The number of ether oxygens (including phenoxy) is 1. The zero-order valence-electron chi connectivity index (χ0n) is 20.6. The summed E-state index contributed by atoms with van der Waals surface area (Å²) in [6.45, 7) is 17.2. The normalized spacial score (nSPS) is 26.6. The third kappa shape index (κ3) is 5.79. The van der Waals surface area contributed by atoms with Crippen molar-refractivity contribution in [2.24, 2.45) is 0 Å². The molecule has 0 amide bonds. The van der Waals surface area contributed by atoms with Gasteiger partial charge in [-0.25, -0.2) is 4.39 Å². The van der Waals surface area contributed by atoms with Crippen LogP contribution < -0.4 is 0 Å². The van der Waals surface area contributed by atoms with Gasteiger partial charge in [-0.3, -0.25) is 4.90 Å². The predicted molar refractivity (Wildman–Crippen MR) is 129 cm³/mol. The standard InChI is InChI=1S/C28H44FNO/c1-7-9-16-30-27(3,4)19-23(20-28(30,5)6)25-15-12-22(18-26(25)29)21-10-13-24(14-11-21)31-17-8-2/h7,12,15,18,21,23-24H,1,8-11,13-14,16-17,19-20H2,2-6H3. The molecule has 3 rings (SSSR count). The average molecular weight is 430 g/mol. The van der Waals surface area contributed by atoms with E-state index in [-0.39, 0.29) is 22.8 Å². The fraction of sp³-hybridized carbons (Fsp3) is 0.714. The molecule has 0 radical (unpaired) electrons. The topological polar surface area (TPSA) is 12.5 Å². The minimum Gasteiger partial charge on any atom is -0.378 e. The lowest BCUT2D eigenvalue weighted by atomic mass is 9.70. The van der Waals surface area contributed by atoms with Crippen molar-refractivity contribution in [3.8, 4) is 0 Å². The van der Waals surface area contributed by atoms with Crippen LogP contribution in [0, 0.1) is 5.82 Å². The van der Waals surface area contributed by atoms with E-state index >= 15 is 4.39 Å². The zero-order chi connectivity index (χ0) is 22.6. The van der Waals surface area contributed by atoms with Crippen LogP contribution in [0.1, 0.15) is 109 Å². The fourth-order valence-corrected chi connectivity index (χ4v) is 6.34. The maximum atomic E-state index is 15.4. The number of likely N-dealkylation sites (tertiary alicyclic amines) is 1. The van der Waals surface area contributed by atoms with E-state index < -0.39 is 0 Å². The third-order valence-corrected chi connectivity index (χ3v) is 7.68. The molecule has 174 valence electrons. The summed E-state index contributed by atoms with van der Waals surface area (Å²) in [5.74, 6) is 0.730. The van der Waals surface area contributed by atoms with Crippen molar-refractivity contribution in [2.45, 2.75) is 115 Å². The molecular formula is C28H44FNO. The number of hydrogen-bond acceptors (Lipinski definition) is 2. The van der Waals surface area contributed by atoms with E-state index in [1.165, 1.54) is 5.56 Å². The Hall–Kier alpha value is -1.19. The van der Waals surface area contributed by atoms with Crippen LogP contribution in [-0.2, 0) is 4.74 Å². The Morgan fingerprint density at radius 2 is 1.71 bits per heavy atom. The monoisotopic (exact) mass is 429 g/mol. The SMILES string of the molecule is C=CCCN1C(C)(C)CC(c2ccc(C3CCC(OCCC)CC3)cc2F)CC1(C)C. The molecule has 0 atom stereocenters. The van der Waals surface area contributed by atoms with Crippen LogP contribution in [0.25, 0.3) is 0 Å². The Labute approximate surface area is 190 Å². The van der Waals surface area contributed by atoms with Crippen molar-refractivity contribution in [1.29, 1.82) is 0 Å². The molecule has 0 aromatic heterocycles. The molecule has 0 bridgehead atoms. The second kappa shape index (κ2) is 10.2. The van der Waals surface area contributed by atoms with Crippen molar-refractivity contribution in [3.63, 3.8) is 0 Å². The quantitative estimate of drug-likeness (QED) is 0.395. The molecule has 0 spiro atoms. The Morgan fingerprint density at radius 1 is 1.06 bits per heavy atom. The van der Waals surface area contributed by atoms with Gasteiger partial charge in [-0.05, 0) is 108 Å². The van der Waals surface area contributed by atoms with Crippen molar-refractivity contribution < 1.29 is 9.13 Å². The lowest BCUT2D eigenvalue weighted by Gasteiger charge is -2.55. The summed E-state index contributed by atoms with van der Waals surface area (Å²) in [6, 6.07) is 6.15. The molecular weight excluding hydrogens is 385 g/mol. The Kier molecular flexibility index (Phi) is 8.02. The lowest BCUT2D eigenvalue weighted by molar-refractivity contribution is -0.0350. The number of piperidine rings is 1. The van der Waals surface area contributed by atoms with Crippen molar-refractivity contribution in [1.82, 2.24) is 4.90 Å². The fourth-order valence-electron chi connectivity index (χ4n) is 6.34. The van der Waals surface area contributed by atoms with E-state index in [0.717, 1.165) is 70.1 Å². The van der Waals surface area contributed by atoms with Crippen molar-refractivity contribution in [3.05, 3.63) is 47.8 Å². The third-order valence-electron chi connectivity index (χ3n) is 7.68. The van der Waals surface area contributed by atoms with Crippen LogP contribution in [0.4, 0.5) is 4.39 Å². The highest BCUT2D eigenvalue weighted by molar-refractivity contribution is 5.31. The summed E-state index contributed by atoms with van der Waals surface area (Å²) in [4.78, 5) is 2.60. The lowest BCUT2D eigenvalue weighted by Crippen LogP contribution is -2.60. The maximum Gasteiger partial charge on any atom is 0.126 e. The summed E-state index contributed by atoms with van der Waals surface area (Å²) in [7, 11) is 0. The molecule has 1 aromatic rings. The molecule has 0 unspecified atom stereocenters. The van der Waals surface area contributed by atoms with Crippen LogP contribution in [0.3, 0.4) is 0 Å². The predicted octanol–water partition coefficient (Wildman–Crippen LogP) is 7.59. The van der Waals surface area contributed by atoms with Gasteiger partial charge < -0.3 is 4.74 Å². The first-order valence-corrected chi connectivity index (χ1v) is 12.5. The van der Waals surface area contributed by atoms with Gasteiger partial charge in [-0.2, -0.15) is 0 Å².